The Hall–Kier alpha value is -1.40. The van der Waals surface area contributed by atoms with Crippen molar-refractivity contribution in [2.75, 3.05) is 6.54 Å². The van der Waals surface area contributed by atoms with Gasteiger partial charge in [-0.25, -0.2) is 4.79 Å². The Morgan fingerprint density at radius 3 is 2.71 bits per heavy atom. The van der Waals surface area contributed by atoms with Crippen LogP contribution in [0.2, 0.25) is 0 Å². The Morgan fingerprint density at radius 2 is 2.14 bits per heavy atom. The summed E-state index contributed by atoms with van der Waals surface area (Å²) in [4.78, 5) is 10.9. The highest BCUT2D eigenvalue weighted by atomic mass is 16.5. The minimum Gasteiger partial charge on any atom is -0.476 e. The second-order valence-electron chi connectivity index (χ2n) is 6.01. The fourth-order valence-corrected chi connectivity index (χ4v) is 3.08. The molecule has 2 unspecified atom stereocenters. The van der Waals surface area contributed by atoms with E-state index in [-0.39, 0.29) is 5.69 Å². The quantitative estimate of drug-likeness (QED) is 0.783. The molecule has 2 atom stereocenters. The van der Waals surface area contributed by atoms with Crippen molar-refractivity contribution >= 4 is 5.97 Å². The number of aromatic carboxylic acids is 1. The lowest BCUT2D eigenvalue weighted by atomic mass is 9.90. The Kier molecular flexibility index (Phi) is 5.36. The molecule has 0 aromatic carbocycles. The molecule has 1 aliphatic rings. The normalized spacial score (nSPS) is 26.0. The SMILES string of the molecule is CC1CC(CCNCc2cc(C(=O)O)nn2C)CC(C)O1. The zero-order valence-electron chi connectivity index (χ0n) is 13.0. The number of aryl methyl sites for hydroxylation is 1. The average molecular weight is 295 g/mol. The zero-order valence-corrected chi connectivity index (χ0v) is 13.0. The standard InChI is InChI=1S/C15H25N3O3/c1-10-6-12(7-11(2)21-10)4-5-16-9-13-8-14(15(19)20)17-18(13)3/h8,10-12,16H,4-7,9H2,1-3H3,(H,19,20). The molecule has 0 saturated carbocycles. The highest BCUT2D eigenvalue weighted by molar-refractivity contribution is 5.85. The number of aromatic nitrogens is 2. The van der Waals surface area contributed by atoms with Crippen molar-refractivity contribution in [3.8, 4) is 0 Å². The number of nitrogens with zero attached hydrogens (tertiary/aromatic N) is 2. The molecule has 0 radical (unpaired) electrons. The molecule has 0 aliphatic carbocycles. The third-order valence-corrected chi connectivity index (χ3v) is 4.03. The number of carboxylic acid groups (broad SMARTS) is 1. The summed E-state index contributed by atoms with van der Waals surface area (Å²) < 4.78 is 7.37. The number of carbonyl (C=O) groups is 1. The van der Waals surface area contributed by atoms with E-state index in [4.69, 9.17) is 9.84 Å². The molecule has 1 fully saturated rings. The molecular weight excluding hydrogens is 270 g/mol. The van der Waals surface area contributed by atoms with Gasteiger partial charge in [-0.1, -0.05) is 0 Å². The predicted molar refractivity (Wildman–Crippen MR) is 79.2 cm³/mol. The Balaban J connectivity index is 1.73. The molecule has 0 spiro atoms. The Labute approximate surface area is 125 Å². The first-order chi connectivity index (χ1) is 9.95. The summed E-state index contributed by atoms with van der Waals surface area (Å²) in [5, 5.41) is 16.2. The summed E-state index contributed by atoms with van der Waals surface area (Å²) in [6, 6.07) is 1.62. The van der Waals surface area contributed by atoms with Gasteiger partial charge in [-0.05, 0) is 51.6 Å². The Morgan fingerprint density at radius 1 is 1.48 bits per heavy atom. The number of hydrogen-bond acceptors (Lipinski definition) is 4. The maximum atomic E-state index is 10.9. The van der Waals surface area contributed by atoms with E-state index >= 15 is 0 Å². The van der Waals surface area contributed by atoms with Crippen molar-refractivity contribution in [3.63, 3.8) is 0 Å². The van der Waals surface area contributed by atoms with E-state index in [1.54, 1.807) is 17.8 Å². The molecule has 2 heterocycles. The molecular formula is C15H25N3O3. The minimum absolute atomic E-state index is 0.0985. The van der Waals surface area contributed by atoms with Crippen LogP contribution in [-0.2, 0) is 18.3 Å². The van der Waals surface area contributed by atoms with Gasteiger partial charge in [0.15, 0.2) is 5.69 Å². The van der Waals surface area contributed by atoms with E-state index in [1.807, 2.05) is 0 Å². The molecule has 1 aromatic heterocycles. The fourth-order valence-electron chi connectivity index (χ4n) is 3.08. The van der Waals surface area contributed by atoms with E-state index in [9.17, 15) is 4.79 Å². The lowest BCUT2D eigenvalue weighted by Crippen LogP contribution is -2.31. The van der Waals surface area contributed by atoms with Crippen molar-refractivity contribution in [2.45, 2.75) is 51.9 Å². The average Bonchev–Trinajstić information content (AvgIpc) is 2.75. The number of ether oxygens (including phenoxy) is 1. The van der Waals surface area contributed by atoms with Crippen molar-refractivity contribution in [2.24, 2.45) is 13.0 Å². The van der Waals surface area contributed by atoms with Crippen LogP contribution in [-0.4, -0.2) is 39.6 Å². The maximum absolute atomic E-state index is 10.9. The van der Waals surface area contributed by atoms with Crippen LogP contribution >= 0.6 is 0 Å². The number of carboxylic acids is 1. The summed E-state index contributed by atoms with van der Waals surface area (Å²) >= 11 is 0. The summed E-state index contributed by atoms with van der Waals surface area (Å²) in [7, 11) is 1.77. The summed E-state index contributed by atoms with van der Waals surface area (Å²) in [6.45, 7) is 5.85. The van der Waals surface area contributed by atoms with Crippen LogP contribution in [0.15, 0.2) is 6.07 Å². The molecule has 1 aliphatic heterocycles. The molecule has 118 valence electrons. The fraction of sp³-hybridized carbons (Fsp3) is 0.733. The van der Waals surface area contributed by atoms with Gasteiger partial charge in [-0.2, -0.15) is 5.10 Å². The molecule has 2 N–H and O–H groups in total. The van der Waals surface area contributed by atoms with E-state index in [1.165, 1.54) is 0 Å². The summed E-state index contributed by atoms with van der Waals surface area (Å²) in [5.74, 6) is -0.278. The van der Waals surface area contributed by atoms with Crippen LogP contribution in [0.5, 0.6) is 0 Å². The van der Waals surface area contributed by atoms with Crippen molar-refractivity contribution in [1.29, 1.82) is 0 Å². The highest BCUT2D eigenvalue weighted by Gasteiger charge is 2.23. The van der Waals surface area contributed by atoms with Gasteiger partial charge in [0.2, 0.25) is 0 Å². The first-order valence-corrected chi connectivity index (χ1v) is 7.58. The van der Waals surface area contributed by atoms with Crippen LogP contribution in [0.4, 0.5) is 0 Å². The van der Waals surface area contributed by atoms with Gasteiger partial charge in [0.1, 0.15) is 0 Å². The van der Waals surface area contributed by atoms with Gasteiger partial charge in [-0.3, -0.25) is 4.68 Å². The third-order valence-electron chi connectivity index (χ3n) is 4.03. The minimum atomic E-state index is -0.984. The van der Waals surface area contributed by atoms with Gasteiger partial charge >= 0.3 is 5.97 Å². The first kappa shape index (κ1) is 16.0. The van der Waals surface area contributed by atoms with Gasteiger partial charge < -0.3 is 15.2 Å². The molecule has 1 saturated heterocycles. The number of nitrogens with one attached hydrogen (secondary N) is 1. The predicted octanol–water partition coefficient (Wildman–Crippen LogP) is 1.80. The molecule has 6 nitrogen and oxygen atoms in total. The van der Waals surface area contributed by atoms with Gasteiger partial charge in [0, 0.05) is 13.6 Å². The largest absolute Gasteiger partial charge is 0.476 e. The van der Waals surface area contributed by atoms with E-state index < -0.39 is 5.97 Å². The summed E-state index contributed by atoms with van der Waals surface area (Å²) in [5.41, 5.74) is 0.988. The summed E-state index contributed by atoms with van der Waals surface area (Å²) in [6.07, 6.45) is 4.09. The maximum Gasteiger partial charge on any atom is 0.356 e. The Bertz CT molecular complexity index is 477. The van der Waals surface area contributed by atoms with Crippen LogP contribution in [0.25, 0.3) is 0 Å². The van der Waals surface area contributed by atoms with Gasteiger partial charge in [-0.15, -0.1) is 0 Å². The third kappa shape index (κ3) is 4.54. The smallest absolute Gasteiger partial charge is 0.356 e. The molecule has 21 heavy (non-hydrogen) atoms. The molecule has 2 rings (SSSR count). The van der Waals surface area contributed by atoms with Crippen LogP contribution in [0, 0.1) is 5.92 Å². The van der Waals surface area contributed by atoms with E-state index in [0.717, 1.165) is 31.5 Å². The number of hydrogen-bond donors (Lipinski definition) is 2. The van der Waals surface area contributed by atoms with Crippen molar-refractivity contribution in [3.05, 3.63) is 17.5 Å². The van der Waals surface area contributed by atoms with Crippen molar-refractivity contribution < 1.29 is 14.6 Å². The molecule has 1 aromatic rings. The van der Waals surface area contributed by atoms with E-state index in [2.05, 4.69) is 24.3 Å². The number of rotatable bonds is 6. The second-order valence-corrected chi connectivity index (χ2v) is 6.01. The van der Waals surface area contributed by atoms with Crippen molar-refractivity contribution in [1.82, 2.24) is 15.1 Å². The zero-order chi connectivity index (χ0) is 15.4. The molecule has 0 amide bonds. The van der Waals surface area contributed by atoms with Gasteiger partial charge in [0.25, 0.3) is 0 Å². The van der Waals surface area contributed by atoms with Crippen LogP contribution in [0.1, 0.15) is 49.3 Å². The molecule has 6 heteroatoms. The lowest BCUT2D eigenvalue weighted by molar-refractivity contribution is -0.0532. The van der Waals surface area contributed by atoms with Gasteiger partial charge in [0.05, 0.1) is 17.9 Å². The lowest BCUT2D eigenvalue weighted by Gasteiger charge is -2.32. The monoisotopic (exact) mass is 295 g/mol. The van der Waals surface area contributed by atoms with Crippen LogP contribution < -0.4 is 5.32 Å². The highest BCUT2D eigenvalue weighted by Crippen LogP contribution is 2.26. The second kappa shape index (κ2) is 7.04. The topological polar surface area (TPSA) is 76.4 Å². The first-order valence-electron chi connectivity index (χ1n) is 7.58. The molecule has 0 bridgehead atoms. The van der Waals surface area contributed by atoms with Crippen LogP contribution in [0.3, 0.4) is 0 Å². The van der Waals surface area contributed by atoms with E-state index in [0.29, 0.717) is 24.7 Å².